The molecule has 44 heavy (non-hydrogen) atoms. The molecule has 1 N–H and O–H groups in total. The molecule has 0 amide bonds. The molecule has 1 saturated heterocycles. The highest BCUT2D eigenvalue weighted by atomic mass is 32.2. The van der Waals surface area contributed by atoms with Crippen molar-refractivity contribution in [2.45, 2.75) is 25.5 Å². The van der Waals surface area contributed by atoms with E-state index in [0.29, 0.717) is 36.3 Å². The van der Waals surface area contributed by atoms with Gasteiger partial charge in [-0.25, -0.2) is 17.2 Å². The fraction of sp³-hybridized carbons (Fsp3) is 0.429. The van der Waals surface area contributed by atoms with Crippen LogP contribution in [-0.4, -0.2) is 73.4 Å². The van der Waals surface area contributed by atoms with Crippen molar-refractivity contribution < 1.29 is 31.6 Å². The molecule has 2 aromatic carbocycles. The van der Waals surface area contributed by atoms with Gasteiger partial charge in [-0.2, -0.15) is 14.1 Å². The van der Waals surface area contributed by atoms with Crippen molar-refractivity contribution in [1.82, 2.24) is 14.1 Å². The van der Waals surface area contributed by atoms with E-state index in [9.17, 15) is 32.1 Å². The summed E-state index contributed by atoms with van der Waals surface area (Å²) in [5.41, 5.74) is -0.561. The number of rotatable bonds is 9. The lowest BCUT2D eigenvalue weighted by Gasteiger charge is -2.36. The Hall–Kier alpha value is -4.31. The van der Waals surface area contributed by atoms with Crippen LogP contribution < -0.4 is 25.2 Å². The van der Waals surface area contributed by atoms with Gasteiger partial charge in [0.25, 0.3) is 5.69 Å². The van der Waals surface area contributed by atoms with Gasteiger partial charge in [0, 0.05) is 50.3 Å². The predicted octanol–water partition coefficient (Wildman–Crippen LogP) is 3.05. The highest BCUT2D eigenvalue weighted by Crippen LogP contribution is 2.45. The third kappa shape index (κ3) is 5.91. The number of piperazine rings is 1. The Bertz CT molecular complexity index is 1770. The van der Waals surface area contributed by atoms with Crippen LogP contribution >= 0.6 is 0 Å². The fourth-order valence-corrected chi connectivity index (χ4v) is 6.86. The zero-order chi connectivity index (χ0) is 31.2. The topological polar surface area (TPSA) is 149 Å². The number of nitrogens with zero attached hydrogens (tertiary/aromatic N) is 5. The van der Waals surface area contributed by atoms with E-state index in [-0.39, 0.29) is 60.9 Å². The number of benzene rings is 2. The highest BCUT2D eigenvalue weighted by molar-refractivity contribution is 7.88. The first-order chi connectivity index (χ1) is 20.9. The van der Waals surface area contributed by atoms with Gasteiger partial charge in [0.2, 0.25) is 15.8 Å². The molecule has 6 rings (SSSR count). The summed E-state index contributed by atoms with van der Waals surface area (Å²) >= 11 is 0. The zero-order valence-electron chi connectivity index (χ0n) is 23.8. The number of hydrogen-bond donors (Lipinski definition) is 1. The monoisotopic (exact) mass is 632 g/mol. The molecule has 1 aromatic heterocycles. The molecule has 16 heteroatoms. The third-order valence-corrected chi connectivity index (χ3v) is 9.89. The maximum absolute atomic E-state index is 13.9. The lowest BCUT2D eigenvalue weighted by molar-refractivity contribution is -0.385. The number of fused-ring (bicyclic) bond motifs is 1. The second-order valence-electron chi connectivity index (χ2n) is 11.4. The predicted molar refractivity (Wildman–Crippen MR) is 156 cm³/mol. The smallest absolute Gasteiger partial charge is 0.316 e. The first-order valence-electron chi connectivity index (χ1n) is 14.1. The summed E-state index contributed by atoms with van der Waals surface area (Å²) in [5, 5.41) is 18.9. The molecule has 3 aliphatic rings. The van der Waals surface area contributed by atoms with E-state index in [1.54, 1.807) is 4.90 Å². The van der Waals surface area contributed by atoms with Crippen LogP contribution in [0.15, 0.2) is 41.3 Å². The lowest BCUT2D eigenvalue weighted by atomic mass is 10.1. The summed E-state index contributed by atoms with van der Waals surface area (Å²) in [4.78, 5) is 26.4. The molecule has 3 heterocycles. The van der Waals surface area contributed by atoms with E-state index in [0.717, 1.165) is 29.7 Å². The summed E-state index contributed by atoms with van der Waals surface area (Å²) in [6, 6.07) is 5.36. The van der Waals surface area contributed by atoms with E-state index < -0.39 is 37.9 Å². The van der Waals surface area contributed by atoms with Gasteiger partial charge in [-0.15, -0.1) is 0 Å². The number of nitrogens with one attached hydrogen (secondary N) is 1. The molecule has 1 aliphatic carbocycles. The number of ether oxygens (including phenoxy) is 2. The number of nitro groups is 1. The molecule has 2 aliphatic heterocycles. The molecule has 0 bridgehead atoms. The summed E-state index contributed by atoms with van der Waals surface area (Å²) in [7, 11) is -4.00. The van der Waals surface area contributed by atoms with Crippen LogP contribution in [0.3, 0.4) is 0 Å². The van der Waals surface area contributed by atoms with Crippen LogP contribution in [0.2, 0.25) is 0 Å². The maximum Gasteiger partial charge on any atom is 0.316 e. The number of anilines is 2. The van der Waals surface area contributed by atoms with Crippen molar-refractivity contribution in [3.05, 3.63) is 74.2 Å². The van der Waals surface area contributed by atoms with E-state index in [4.69, 9.17) is 9.47 Å². The Labute approximate surface area is 251 Å². The number of halogens is 2. The van der Waals surface area contributed by atoms with Gasteiger partial charge >= 0.3 is 5.56 Å². The van der Waals surface area contributed by atoms with Crippen LogP contribution in [0.25, 0.3) is 5.69 Å². The van der Waals surface area contributed by atoms with Gasteiger partial charge in [-0.05, 0) is 31.0 Å². The van der Waals surface area contributed by atoms with E-state index in [2.05, 4.69) is 10.4 Å². The first-order valence-corrected chi connectivity index (χ1v) is 15.7. The molecular weight excluding hydrogens is 602 g/mol. The van der Waals surface area contributed by atoms with Crippen molar-refractivity contribution in [3.63, 3.8) is 0 Å². The molecule has 0 radical (unpaired) electrons. The first kappa shape index (κ1) is 29.7. The van der Waals surface area contributed by atoms with Gasteiger partial charge in [0.15, 0.2) is 0 Å². The maximum atomic E-state index is 13.9. The normalized spacial score (nSPS) is 17.8. The Morgan fingerprint density at radius 3 is 2.50 bits per heavy atom. The van der Waals surface area contributed by atoms with Gasteiger partial charge in [-0.1, -0.05) is 6.92 Å². The summed E-state index contributed by atoms with van der Waals surface area (Å²) < 4.78 is 68.6. The van der Waals surface area contributed by atoms with E-state index >= 15 is 0 Å². The molecule has 0 atom stereocenters. The van der Waals surface area contributed by atoms with Gasteiger partial charge in [0.1, 0.15) is 29.7 Å². The summed E-state index contributed by atoms with van der Waals surface area (Å²) in [6.07, 6.45) is 3.22. The fourth-order valence-electron chi connectivity index (χ4n) is 5.30. The van der Waals surface area contributed by atoms with Crippen LogP contribution in [-0.2, 0) is 15.8 Å². The summed E-state index contributed by atoms with van der Waals surface area (Å²) in [5.74, 6) is -2.03. The highest BCUT2D eigenvalue weighted by Gasteiger charge is 2.39. The number of aromatic nitrogens is 2. The quantitative estimate of drug-likeness (QED) is 0.276. The van der Waals surface area contributed by atoms with Gasteiger partial charge < -0.3 is 19.7 Å². The Morgan fingerprint density at radius 1 is 1.14 bits per heavy atom. The largest absolute Gasteiger partial charge is 0.490 e. The van der Waals surface area contributed by atoms with Gasteiger partial charge in [-0.3, -0.25) is 14.9 Å². The van der Waals surface area contributed by atoms with Crippen LogP contribution in [0.4, 0.5) is 25.8 Å². The standard InChI is InChI=1S/C28H30F2N6O7S/c1-28(4-5-28)17-43-26-23(15-32-35(27(26)37)20-13-18(29)12-19(30)14-20)33-7-9-34(10-8-33)44(40,41)16-21-22(36(38)39)2-3-24-25(21)31-6-11-42-24/h2-3,12-15,31H,4-11,16-17H2,1H3. The number of sulfonamides is 1. The minimum absolute atomic E-state index is 0.0282. The Balaban J connectivity index is 1.25. The minimum atomic E-state index is -4.00. The van der Waals surface area contributed by atoms with Gasteiger partial charge in [0.05, 0.1) is 40.4 Å². The van der Waals surface area contributed by atoms with Crippen LogP contribution in [0, 0.1) is 27.2 Å². The van der Waals surface area contributed by atoms with Crippen molar-refractivity contribution in [2.75, 3.05) is 56.2 Å². The third-order valence-electron chi connectivity index (χ3n) is 8.08. The molecule has 3 aromatic rings. The molecule has 1 saturated carbocycles. The van der Waals surface area contributed by atoms with Crippen LogP contribution in [0.5, 0.6) is 11.5 Å². The molecule has 234 valence electrons. The second kappa shape index (κ2) is 11.3. The lowest BCUT2D eigenvalue weighted by Crippen LogP contribution is -2.49. The Kier molecular flexibility index (Phi) is 7.65. The van der Waals surface area contributed by atoms with Crippen molar-refractivity contribution >= 4 is 27.1 Å². The molecule has 2 fully saturated rings. The average molecular weight is 633 g/mol. The Morgan fingerprint density at radius 2 is 1.84 bits per heavy atom. The molecule has 0 spiro atoms. The van der Waals surface area contributed by atoms with Crippen molar-refractivity contribution in [1.29, 1.82) is 0 Å². The van der Waals surface area contributed by atoms with E-state index in [1.165, 1.54) is 22.6 Å². The molecule has 0 unspecified atom stereocenters. The number of nitro benzene ring substituents is 1. The second-order valence-corrected chi connectivity index (χ2v) is 13.4. The van der Waals surface area contributed by atoms with Crippen LogP contribution in [0.1, 0.15) is 25.3 Å². The molecule has 13 nitrogen and oxygen atoms in total. The number of hydrogen-bond acceptors (Lipinski definition) is 10. The van der Waals surface area contributed by atoms with Crippen molar-refractivity contribution in [3.8, 4) is 17.2 Å². The minimum Gasteiger partial charge on any atom is -0.490 e. The zero-order valence-corrected chi connectivity index (χ0v) is 24.6. The average Bonchev–Trinajstić information content (AvgIpc) is 3.72. The summed E-state index contributed by atoms with van der Waals surface area (Å²) in [6.45, 7) is 3.41. The molecular formula is C28H30F2N6O7S. The van der Waals surface area contributed by atoms with E-state index in [1.807, 2.05) is 6.92 Å². The SMILES string of the molecule is CC1(COc2c(N3CCN(S(=O)(=O)Cc4c([N+](=O)[O-])ccc5c4NCCO5)CC3)cnn(-c3cc(F)cc(F)c3)c2=O)CC1. The van der Waals surface area contributed by atoms with Crippen molar-refractivity contribution in [2.24, 2.45) is 5.41 Å².